The van der Waals surface area contributed by atoms with Crippen LogP contribution in [0.3, 0.4) is 0 Å². The molecule has 2 rings (SSSR count). The zero-order valence-corrected chi connectivity index (χ0v) is 12.2. The van der Waals surface area contributed by atoms with Crippen LogP contribution in [0.5, 0.6) is 0 Å². The number of rotatable bonds is 7. The summed E-state index contributed by atoms with van der Waals surface area (Å²) in [4.78, 5) is 19.1. The van der Waals surface area contributed by atoms with Crippen molar-refractivity contribution in [3.8, 4) is 0 Å². The Bertz CT molecular complexity index is 514. The molecule has 110 valence electrons. The van der Waals surface area contributed by atoms with Crippen molar-refractivity contribution in [1.82, 2.24) is 9.97 Å². The Balaban J connectivity index is 2.25. The number of nitrogens with zero attached hydrogens (tertiary/aromatic N) is 3. The third-order valence-electron chi connectivity index (χ3n) is 3.91. The first-order valence-corrected chi connectivity index (χ1v) is 7.02. The molecule has 20 heavy (non-hydrogen) atoms. The topological polar surface area (TPSA) is 93.0 Å². The maximum absolute atomic E-state index is 11.2. The first-order valence-electron chi connectivity index (χ1n) is 7.02. The summed E-state index contributed by atoms with van der Waals surface area (Å²) in [6, 6.07) is 0. The molecule has 1 aliphatic rings. The molecule has 7 heteroatoms. The summed E-state index contributed by atoms with van der Waals surface area (Å²) in [5.41, 5.74) is 0.647. The van der Waals surface area contributed by atoms with Crippen LogP contribution < -0.4 is 10.6 Å². The SMILES string of the molecule is CCNc1nc(C)c([N+](=O)[O-])c(NCC2(CC)CC2)n1. The second kappa shape index (κ2) is 5.60. The summed E-state index contributed by atoms with van der Waals surface area (Å²) in [5.74, 6) is 0.748. The van der Waals surface area contributed by atoms with Crippen molar-refractivity contribution >= 4 is 17.5 Å². The van der Waals surface area contributed by atoms with Gasteiger partial charge in [0.25, 0.3) is 0 Å². The summed E-state index contributed by atoms with van der Waals surface area (Å²) in [7, 11) is 0. The summed E-state index contributed by atoms with van der Waals surface area (Å²) in [6.45, 7) is 7.13. The van der Waals surface area contributed by atoms with E-state index in [2.05, 4.69) is 27.5 Å². The normalized spacial score (nSPS) is 15.8. The van der Waals surface area contributed by atoms with Gasteiger partial charge in [-0.25, -0.2) is 4.98 Å². The zero-order valence-electron chi connectivity index (χ0n) is 12.2. The fourth-order valence-electron chi connectivity index (χ4n) is 2.25. The van der Waals surface area contributed by atoms with Crippen LogP contribution in [0.4, 0.5) is 17.5 Å². The molecule has 7 nitrogen and oxygen atoms in total. The molecule has 0 spiro atoms. The number of nitrogens with one attached hydrogen (secondary N) is 2. The Morgan fingerprint density at radius 2 is 2.00 bits per heavy atom. The molecule has 1 saturated carbocycles. The van der Waals surface area contributed by atoms with Gasteiger partial charge < -0.3 is 10.6 Å². The molecule has 1 aliphatic carbocycles. The molecular weight excluding hydrogens is 258 g/mol. The van der Waals surface area contributed by atoms with E-state index >= 15 is 0 Å². The highest BCUT2D eigenvalue weighted by molar-refractivity contribution is 5.61. The molecule has 0 amide bonds. The quantitative estimate of drug-likeness (QED) is 0.589. The molecule has 0 aromatic carbocycles. The van der Waals surface area contributed by atoms with E-state index in [9.17, 15) is 10.1 Å². The van der Waals surface area contributed by atoms with Crippen LogP contribution in [-0.4, -0.2) is 28.0 Å². The highest BCUT2D eigenvalue weighted by Crippen LogP contribution is 2.48. The first-order chi connectivity index (χ1) is 9.51. The predicted molar refractivity (Wildman–Crippen MR) is 78.0 cm³/mol. The fourth-order valence-corrected chi connectivity index (χ4v) is 2.25. The molecule has 2 N–H and O–H groups in total. The Morgan fingerprint density at radius 3 is 2.50 bits per heavy atom. The molecule has 1 aromatic rings. The summed E-state index contributed by atoms with van der Waals surface area (Å²) >= 11 is 0. The molecule has 1 heterocycles. The average molecular weight is 279 g/mol. The van der Waals surface area contributed by atoms with E-state index in [1.165, 1.54) is 12.8 Å². The van der Waals surface area contributed by atoms with Crippen LogP contribution in [-0.2, 0) is 0 Å². The molecule has 0 saturated heterocycles. The standard InChI is InChI=1S/C13H21N5O2/c1-4-13(6-7-13)8-15-11-10(18(19)20)9(3)16-12(17-11)14-5-2/h4-8H2,1-3H3,(H2,14,15,16,17). The maximum Gasteiger partial charge on any atom is 0.332 e. The van der Waals surface area contributed by atoms with Crippen LogP contribution in [0.25, 0.3) is 0 Å². The van der Waals surface area contributed by atoms with Crippen molar-refractivity contribution in [2.24, 2.45) is 5.41 Å². The number of aromatic nitrogens is 2. The summed E-state index contributed by atoms with van der Waals surface area (Å²) in [5, 5.41) is 17.3. The van der Waals surface area contributed by atoms with E-state index in [1.807, 2.05) is 6.92 Å². The van der Waals surface area contributed by atoms with Gasteiger partial charge in [-0.15, -0.1) is 0 Å². The number of nitro groups is 1. The van der Waals surface area contributed by atoms with Crippen molar-refractivity contribution in [1.29, 1.82) is 0 Å². The second-order valence-corrected chi connectivity index (χ2v) is 5.32. The molecule has 0 unspecified atom stereocenters. The summed E-state index contributed by atoms with van der Waals surface area (Å²) < 4.78 is 0. The number of hydrogen-bond acceptors (Lipinski definition) is 6. The fraction of sp³-hybridized carbons (Fsp3) is 0.692. The minimum absolute atomic E-state index is 0.0291. The Kier molecular flexibility index (Phi) is 4.06. The second-order valence-electron chi connectivity index (χ2n) is 5.32. The van der Waals surface area contributed by atoms with Gasteiger partial charge >= 0.3 is 5.69 Å². The van der Waals surface area contributed by atoms with Crippen molar-refractivity contribution in [3.63, 3.8) is 0 Å². The molecule has 1 aromatic heterocycles. The van der Waals surface area contributed by atoms with Crippen LogP contribution in [0, 0.1) is 22.5 Å². The highest BCUT2D eigenvalue weighted by Gasteiger charge is 2.40. The largest absolute Gasteiger partial charge is 0.364 e. The highest BCUT2D eigenvalue weighted by atomic mass is 16.6. The van der Waals surface area contributed by atoms with Crippen LogP contribution in [0.1, 0.15) is 38.8 Å². The van der Waals surface area contributed by atoms with Gasteiger partial charge in [-0.05, 0) is 38.5 Å². The van der Waals surface area contributed by atoms with Gasteiger partial charge in [0.05, 0.1) is 4.92 Å². The van der Waals surface area contributed by atoms with Gasteiger partial charge in [-0.2, -0.15) is 4.98 Å². The van der Waals surface area contributed by atoms with Gasteiger partial charge in [0.2, 0.25) is 11.8 Å². The van der Waals surface area contributed by atoms with E-state index in [4.69, 9.17) is 0 Å². The third kappa shape index (κ3) is 2.97. The molecule has 0 bridgehead atoms. The number of hydrogen-bond donors (Lipinski definition) is 2. The van der Waals surface area contributed by atoms with Crippen LogP contribution in [0.2, 0.25) is 0 Å². The van der Waals surface area contributed by atoms with Crippen molar-refractivity contribution in [2.75, 3.05) is 23.7 Å². The van der Waals surface area contributed by atoms with E-state index in [0.29, 0.717) is 29.4 Å². The van der Waals surface area contributed by atoms with E-state index in [1.54, 1.807) is 6.92 Å². The smallest absolute Gasteiger partial charge is 0.332 e. The maximum atomic E-state index is 11.2. The van der Waals surface area contributed by atoms with Crippen molar-refractivity contribution in [3.05, 3.63) is 15.8 Å². The minimum atomic E-state index is -0.418. The van der Waals surface area contributed by atoms with E-state index in [0.717, 1.165) is 13.0 Å². The Hall–Kier alpha value is -1.92. The third-order valence-corrected chi connectivity index (χ3v) is 3.91. The summed E-state index contributed by atoms with van der Waals surface area (Å²) in [6.07, 6.45) is 3.43. The van der Waals surface area contributed by atoms with Gasteiger partial charge in [0.1, 0.15) is 5.69 Å². The van der Waals surface area contributed by atoms with E-state index < -0.39 is 4.92 Å². The molecule has 0 aliphatic heterocycles. The predicted octanol–water partition coefficient (Wildman–Crippen LogP) is 2.73. The van der Waals surface area contributed by atoms with Crippen molar-refractivity contribution < 1.29 is 4.92 Å². The van der Waals surface area contributed by atoms with E-state index in [-0.39, 0.29) is 5.69 Å². The van der Waals surface area contributed by atoms with Gasteiger partial charge in [-0.1, -0.05) is 6.92 Å². The van der Waals surface area contributed by atoms with Gasteiger partial charge in [-0.3, -0.25) is 10.1 Å². The average Bonchev–Trinajstić information content (AvgIpc) is 3.16. The lowest BCUT2D eigenvalue weighted by atomic mass is 10.0. The first kappa shape index (κ1) is 14.5. The van der Waals surface area contributed by atoms with Crippen LogP contribution in [0.15, 0.2) is 0 Å². The molecule has 0 atom stereocenters. The molecule has 0 radical (unpaired) electrons. The zero-order chi connectivity index (χ0) is 14.8. The molecular formula is C13H21N5O2. The number of anilines is 2. The monoisotopic (exact) mass is 279 g/mol. The Morgan fingerprint density at radius 1 is 1.30 bits per heavy atom. The van der Waals surface area contributed by atoms with Crippen molar-refractivity contribution in [2.45, 2.75) is 40.0 Å². The lowest BCUT2D eigenvalue weighted by molar-refractivity contribution is -0.385. The Labute approximate surface area is 118 Å². The van der Waals surface area contributed by atoms with Crippen LogP contribution >= 0.6 is 0 Å². The minimum Gasteiger partial charge on any atom is -0.364 e. The lowest BCUT2D eigenvalue weighted by Gasteiger charge is -2.15. The lowest BCUT2D eigenvalue weighted by Crippen LogP contribution is -2.17. The van der Waals surface area contributed by atoms with Gasteiger partial charge in [0.15, 0.2) is 0 Å². The number of aryl methyl sites for hydroxylation is 1. The molecule has 1 fully saturated rings. The van der Waals surface area contributed by atoms with Gasteiger partial charge in [0, 0.05) is 13.1 Å².